The largest absolute Gasteiger partial charge is 0.493 e. The Balaban J connectivity index is 0.00000361. The van der Waals surface area contributed by atoms with Gasteiger partial charge in [0.05, 0.1) is 20.1 Å². The Bertz CT molecular complexity index is 400. The van der Waals surface area contributed by atoms with Gasteiger partial charge in [-0.05, 0) is 25.5 Å². The minimum absolute atomic E-state index is 0. The van der Waals surface area contributed by atoms with Crippen molar-refractivity contribution in [1.29, 1.82) is 0 Å². The number of halogens is 1. The number of nitrogens with one attached hydrogen (secondary N) is 1. The summed E-state index contributed by atoms with van der Waals surface area (Å²) >= 11 is 0. The molecule has 114 valence electrons. The van der Waals surface area contributed by atoms with Crippen LogP contribution in [0.5, 0.6) is 11.5 Å². The van der Waals surface area contributed by atoms with E-state index < -0.39 is 0 Å². The minimum atomic E-state index is -0.0319. The van der Waals surface area contributed by atoms with E-state index in [1.54, 1.807) is 7.11 Å². The first-order valence-electron chi connectivity index (χ1n) is 6.41. The molecule has 0 saturated heterocycles. The lowest BCUT2D eigenvalue weighted by Gasteiger charge is -2.10. The van der Waals surface area contributed by atoms with Gasteiger partial charge in [-0.25, -0.2) is 0 Å². The third kappa shape index (κ3) is 7.21. The van der Waals surface area contributed by atoms with E-state index in [-0.39, 0.29) is 24.4 Å². The van der Waals surface area contributed by atoms with Crippen molar-refractivity contribution in [3.05, 3.63) is 24.3 Å². The molecule has 0 aromatic heterocycles. The van der Waals surface area contributed by atoms with E-state index in [4.69, 9.17) is 15.2 Å². The van der Waals surface area contributed by atoms with Crippen LogP contribution in [0.25, 0.3) is 0 Å². The SMILES string of the molecule is COc1ccccc1OCCC(=O)NCCC(C)N.Cl. The smallest absolute Gasteiger partial charge is 0.223 e. The third-order valence-electron chi connectivity index (χ3n) is 2.58. The molecule has 0 aliphatic carbocycles. The molecule has 0 fully saturated rings. The topological polar surface area (TPSA) is 73.6 Å². The molecule has 3 N–H and O–H groups in total. The fraction of sp³-hybridized carbons (Fsp3) is 0.500. The lowest BCUT2D eigenvalue weighted by Crippen LogP contribution is -2.29. The average Bonchev–Trinajstić information content (AvgIpc) is 2.39. The Morgan fingerprint density at radius 3 is 2.60 bits per heavy atom. The standard InChI is InChI=1S/C14H22N2O3.ClH/c1-11(15)7-9-16-14(17)8-10-19-13-6-4-3-5-12(13)18-2;/h3-6,11H,7-10,15H2,1-2H3,(H,16,17);1H. The first kappa shape index (κ1) is 18.5. The highest BCUT2D eigenvalue weighted by Crippen LogP contribution is 2.25. The first-order valence-corrected chi connectivity index (χ1v) is 6.41. The number of carbonyl (C=O) groups is 1. The van der Waals surface area contributed by atoms with Crippen molar-refractivity contribution >= 4 is 18.3 Å². The molecule has 0 aliphatic heterocycles. The molecule has 20 heavy (non-hydrogen) atoms. The molecule has 1 amide bonds. The Morgan fingerprint density at radius 1 is 1.35 bits per heavy atom. The number of amides is 1. The average molecular weight is 303 g/mol. The van der Waals surface area contributed by atoms with E-state index in [0.717, 1.165) is 6.42 Å². The van der Waals surface area contributed by atoms with Gasteiger partial charge in [0.1, 0.15) is 0 Å². The van der Waals surface area contributed by atoms with Gasteiger partial charge in [-0.1, -0.05) is 12.1 Å². The molecule has 5 nitrogen and oxygen atoms in total. The molecule has 0 aliphatic rings. The third-order valence-corrected chi connectivity index (χ3v) is 2.58. The molecule has 1 aromatic carbocycles. The van der Waals surface area contributed by atoms with E-state index in [1.165, 1.54) is 0 Å². The van der Waals surface area contributed by atoms with Crippen molar-refractivity contribution in [1.82, 2.24) is 5.32 Å². The first-order chi connectivity index (χ1) is 9.13. The van der Waals surface area contributed by atoms with Crippen molar-refractivity contribution in [2.75, 3.05) is 20.3 Å². The van der Waals surface area contributed by atoms with Crippen LogP contribution in [-0.4, -0.2) is 32.2 Å². The Hall–Kier alpha value is -1.46. The van der Waals surface area contributed by atoms with E-state index in [9.17, 15) is 4.79 Å². The van der Waals surface area contributed by atoms with Crippen molar-refractivity contribution < 1.29 is 14.3 Å². The quantitative estimate of drug-likeness (QED) is 0.767. The Labute approximate surface area is 126 Å². The van der Waals surface area contributed by atoms with Crippen molar-refractivity contribution in [3.8, 4) is 11.5 Å². The Kier molecular flexibility index (Phi) is 9.59. The van der Waals surface area contributed by atoms with Crippen LogP contribution in [0.3, 0.4) is 0 Å². The summed E-state index contributed by atoms with van der Waals surface area (Å²) in [5.74, 6) is 1.28. The highest BCUT2D eigenvalue weighted by Gasteiger charge is 2.05. The molecular formula is C14H23ClN2O3. The van der Waals surface area contributed by atoms with Crippen molar-refractivity contribution in [2.45, 2.75) is 25.8 Å². The van der Waals surface area contributed by atoms with Crippen LogP contribution in [0.1, 0.15) is 19.8 Å². The molecule has 0 bridgehead atoms. The second kappa shape index (κ2) is 10.3. The van der Waals surface area contributed by atoms with Crippen molar-refractivity contribution in [2.24, 2.45) is 5.73 Å². The molecule has 0 saturated carbocycles. The summed E-state index contributed by atoms with van der Waals surface area (Å²) in [7, 11) is 1.59. The van der Waals surface area contributed by atoms with Crippen LogP contribution in [0.15, 0.2) is 24.3 Å². The van der Waals surface area contributed by atoms with E-state index in [0.29, 0.717) is 31.1 Å². The molecule has 1 aromatic rings. The highest BCUT2D eigenvalue weighted by molar-refractivity contribution is 5.85. The number of rotatable bonds is 8. The summed E-state index contributed by atoms with van der Waals surface area (Å²) in [5, 5.41) is 2.80. The fourth-order valence-electron chi connectivity index (χ4n) is 1.52. The molecule has 0 radical (unpaired) electrons. The van der Waals surface area contributed by atoms with E-state index in [1.807, 2.05) is 31.2 Å². The second-order valence-corrected chi connectivity index (χ2v) is 4.37. The number of ether oxygens (including phenoxy) is 2. The molecule has 1 rings (SSSR count). The predicted molar refractivity (Wildman–Crippen MR) is 81.6 cm³/mol. The van der Waals surface area contributed by atoms with E-state index >= 15 is 0 Å². The minimum Gasteiger partial charge on any atom is -0.493 e. The summed E-state index contributed by atoms with van der Waals surface area (Å²) < 4.78 is 10.7. The van der Waals surface area contributed by atoms with E-state index in [2.05, 4.69) is 5.32 Å². The van der Waals surface area contributed by atoms with Crippen LogP contribution in [0.4, 0.5) is 0 Å². The summed E-state index contributed by atoms with van der Waals surface area (Å²) in [4.78, 5) is 11.5. The molecule has 0 spiro atoms. The summed E-state index contributed by atoms with van der Waals surface area (Å²) in [6.45, 7) is 2.84. The number of hydrogen-bond acceptors (Lipinski definition) is 4. The Morgan fingerprint density at radius 2 is 2.00 bits per heavy atom. The van der Waals surface area contributed by atoms with Crippen LogP contribution in [0.2, 0.25) is 0 Å². The highest BCUT2D eigenvalue weighted by atomic mass is 35.5. The number of para-hydroxylation sites is 2. The van der Waals surface area contributed by atoms with Gasteiger partial charge < -0.3 is 20.5 Å². The summed E-state index contributed by atoms with van der Waals surface area (Å²) in [6, 6.07) is 7.46. The molecule has 1 unspecified atom stereocenters. The predicted octanol–water partition coefficient (Wildman–Crippen LogP) is 1.74. The summed E-state index contributed by atoms with van der Waals surface area (Å²) in [5.41, 5.74) is 5.60. The van der Waals surface area contributed by atoms with Gasteiger partial charge in [0.15, 0.2) is 11.5 Å². The summed E-state index contributed by atoms with van der Waals surface area (Å²) in [6.07, 6.45) is 1.09. The zero-order valence-corrected chi connectivity index (χ0v) is 12.7. The molecule has 0 heterocycles. The maximum absolute atomic E-state index is 11.5. The van der Waals surface area contributed by atoms with Gasteiger partial charge in [0.2, 0.25) is 5.91 Å². The number of nitrogens with two attached hydrogens (primary N) is 1. The maximum atomic E-state index is 11.5. The molecular weight excluding hydrogens is 280 g/mol. The van der Waals surface area contributed by atoms with Crippen LogP contribution < -0.4 is 20.5 Å². The number of methoxy groups -OCH3 is 1. The van der Waals surface area contributed by atoms with Gasteiger partial charge in [-0.15, -0.1) is 12.4 Å². The number of carbonyl (C=O) groups excluding carboxylic acids is 1. The van der Waals surface area contributed by atoms with Gasteiger partial charge in [0.25, 0.3) is 0 Å². The van der Waals surface area contributed by atoms with Gasteiger partial charge in [0, 0.05) is 12.6 Å². The molecule has 1 atom stereocenters. The van der Waals surface area contributed by atoms with Gasteiger partial charge >= 0.3 is 0 Å². The van der Waals surface area contributed by atoms with Gasteiger partial charge in [-0.2, -0.15) is 0 Å². The van der Waals surface area contributed by atoms with Gasteiger partial charge in [-0.3, -0.25) is 4.79 Å². The fourth-order valence-corrected chi connectivity index (χ4v) is 1.52. The molecule has 6 heteroatoms. The zero-order chi connectivity index (χ0) is 14.1. The van der Waals surface area contributed by atoms with Crippen LogP contribution in [0, 0.1) is 0 Å². The number of benzene rings is 1. The monoisotopic (exact) mass is 302 g/mol. The zero-order valence-electron chi connectivity index (χ0n) is 11.9. The van der Waals surface area contributed by atoms with Crippen LogP contribution in [-0.2, 0) is 4.79 Å². The second-order valence-electron chi connectivity index (χ2n) is 4.37. The number of hydrogen-bond donors (Lipinski definition) is 2. The lowest BCUT2D eigenvalue weighted by atomic mass is 10.2. The van der Waals surface area contributed by atoms with Crippen LogP contribution >= 0.6 is 12.4 Å². The maximum Gasteiger partial charge on any atom is 0.223 e. The van der Waals surface area contributed by atoms with Crippen molar-refractivity contribution in [3.63, 3.8) is 0 Å². The normalized spacial score (nSPS) is 11.2. The lowest BCUT2D eigenvalue weighted by molar-refractivity contribution is -0.121.